The summed E-state index contributed by atoms with van der Waals surface area (Å²) in [6.07, 6.45) is 2.65. The lowest BCUT2D eigenvalue weighted by atomic mass is 10.2. The second-order valence-electron chi connectivity index (χ2n) is 4.48. The van der Waals surface area contributed by atoms with Gasteiger partial charge in [-0.2, -0.15) is 10.2 Å². The molecule has 0 bridgehead atoms. The molecule has 2 aromatic heterocycles. The molecule has 0 atom stereocenters. The van der Waals surface area contributed by atoms with Crippen molar-refractivity contribution in [2.45, 2.75) is 0 Å². The van der Waals surface area contributed by atoms with Gasteiger partial charge in [0.25, 0.3) is 5.91 Å². The first kappa shape index (κ1) is 15.0. The lowest BCUT2D eigenvalue weighted by molar-refractivity contribution is 0.0950. The summed E-state index contributed by atoms with van der Waals surface area (Å²) in [5.74, 6) is -0.531. The fourth-order valence-corrected chi connectivity index (χ4v) is 2.05. The van der Waals surface area contributed by atoms with Crippen LogP contribution in [0.25, 0.3) is 11.5 Å². The van der Waals surface area contributed by atoms with Crippen molar-refractivity contribution in [2.24, 2.45) is 5.10 Å². The number of aromatic nitrogens is 2. The van der Waals surface area contributed by atoms with Crippen LogP contribution in [0, 0.1) is 5.82 Å². The van der Waals surface area contributed by atoms with Gasteiger partial charge in [-0.15, -0.1) is 0 Å². The van der Waals surface area contributed by atoms with Crippen molar-refractivity contribution in [1.82, 2.24) is 15.6 Å². The summed E-state index contributed by atoms with van der Waals surface area (Å²) in [4.78, 5) is 11.9. The highest BCUT2D eigenvalue weighted by Crippen LogP contribution is 2.18. The van der Waals surface area contributed by atoms with Gasteiger partial charge < -0.3 is 4.42 Å². The van der Waals surface area contributed by atoms with E-state index in [9.17, 15) is 9.18 Å². The first-order valence-corrected chi connectivity index (χ1v) is 6.89. The van der Waals surface area contributed by atoms with Gasteiger partial charge in [-0.05, 0) is 24.3 Å². The fraction of sp³-hybridized carbons (Fsp3) is 0. The van der Waals surface area contributed by atoms with E-state index < -0.39 is 11.7 Å². The molecule has 2 heterocycles. The highest BCUT2D eigenvalue weighted by Gasteiger charge is 2.12. The van der Waals surface area contributed by atoms with E-state index in [1.54, 1.807) is 12.1 Å². The first-order chi connectivity index (χ1) is 11.1. The third kappa shape index (κ3) is 3.29. The van der Waals surface area contributed by atoms with E-state index >= 15 is 0 Å². The summed E-state index contributed by atoms with van der Waals surface area (Å²) in [5, 5.41) is 10.4. The monoisotopic (exact) mass is 332 g/mol. The number of nitrogens with one attached hydrogen (secondary N) is 2. The maximum atomic E-state index is 13.5. The highest BCUT2D eigenvalue weighted by atomic mass is 35.5. The highest BCUT2D eigenvalue weighted by molar-refractivity contribution is 6.33. The largest absolute Gasteiger partial charge is 0.463 e. The number of rotatable bonds is 4. The number of aromatic amines is 1. The molecule has 0 saturated carbocycles. The van der Waals surface area contributed by atoms with Gasteiger partial charge in [0.1, 0.15) is 11.5 Å². The van der Waals surface area contributed by atoms with Gasteiger partial charge in [0.05, 0.1) is 17.5 Å². The molecule has 0 unspecified atom stereocenters. The Bertz CT molecular complexity index is 838. The topological polar surface area (TPSA) is 83.3 Å². The van der Waals surface area contributed by atoms with Crippen molar-refractivity contribution < 1.29 is 13.6 Å². The number of hydrazone groups is 1. The van der Waals surface area contributed by atoms with Crippen molar-refractivity contribution >= 4 is 23.7 Å². The van der Waals surface area contributed by atoms with Crippen LogP contribution in [-0.2, 0) is 0 Å². The zero-order valence-electron chi connectivity index (χ0n) is 11.6. The molecule has 6 nitrogen and oxygen atoms in total. The Labute approximate surface area is 135 Å². The van der Waals surface area contributed by atoms with E-state index in [1.807, 2.05) is 0 Å². The van der Waals surface area contributed by atoms with Crippen LogP contribution in [0.1, 0.15) is 16.1 Å². The Balaban J connectivity index is 1.69. The van der Waals surface area contributed by atoms with Crippen molar-refractivity contribution in [3.05, 3.63) is 64.8 Å². The van der Waals surface area contributed by atoms with Crippen LogP contribution in [0.3, 0.4) is 0 Å². The zero-order chi connectivity index (χ0) is 16.2. The number of hydrogen-bond donors (Lipinski definition) is 2. The van der Waals surface area contributed by atoms with Gasteiger partial charge in [-0.3, -0.25) is 9.89 Å². The Kier molecular flexibility index (Phi) is 4.20. The standard InChI is InChI=1S/C15H10ClFN4O2/c16-10-3-1-4-11(17)9(10)8-18-21-15(22)13-7-12(19-20-13)14-5-2-6-23-14/h1-8H,(H,19,20)(H,21,22)/b18-8-. The van der Waals surface area contributed by atoms with Crippen LogP contribution in [0.5, 0.6) is 0 Å². The molecule has 0 aliphatic carbocycles. The van der Waals surface area contributed by atoms with Gasteiger partial charge in [-0.1, -0.05) is 17.7 Å². The lowest BCUT2D eigenvalue weighted by Crippen LogP contribution is -2.18. The molecule has 116 valence electrons. The van der Waals surface area contributed by atoms with E-state index in [2.05, 4.69) is 20.7 Å². The van der Waals surface area contributed by atoms with Crippen molar-refractivity contribution in [3.8, 4) is 11.5 Å². The minimum absolute atomic E-state index is 0.0905. The minimum atomic E-state index is -0.553. The average Bonchev–Trinajstić information content (AvgIpc) is 3.20. The van der Waals surface area contributed by atoms with Crippen LogP contribution < -0.4 is 5.43 Å². The molecule has 3 rings (SSSR count). The number of carbonyl (C=O) groups excluding carboxylic acids is 1. The van der Waals surface area contributed by atoms with Crippen molar-refractivity contribution in [1.29, 1.82) is 0 Å². The average molecular weight is 333 g/mol. The quantitative estimate of drug-likeness (QED) is 0.568. The van der Waals surface area contributed by atoms with Crippen LogP contribution in [0.2, 0.25) is 5.02 Å². The molecule has 0 radical (unpaired) electrons. The molecule has 0 fully saturated rings. The SMILES string of the molecule is O=C(N/N=C\c1c(F)cccc1Cl)c1cc(-c2ccco2)[nH]n1. The number of amides is 1. The molecule has 2 N–H and O–H groups in total. The number of furan rings is 1. The van der Waals surface area contributed by atoms with E-state index in [1.165, 1.54) is 30.5 Å². The Morgan fingerprint density at radius 1 is 1.39 bits per heavy atom. The first-order valence-electron chi connectivity index (χ1n) is 6.52. The molecule has 1 aromatic carbocycles. The Morgan fingerprint density at radius 2 is 2.26 bits per heavy atom. The van der Waals surface area contributed by atoms with E-state index in [0.29, 0.717) is 11.5 Å². The predicted octanol–water partition coefficient (Wildman–Crippen LogP) is 3.23. The van der Waals surface area contributed by atoms with E-state index in [-0.39, 0.29) is 16.3 Å². The second-order valence-corrected chi connectivity index (χ2v) is 4.89. The lowest BCUT2D eigenvalue weighted by Gasteiger charge is -1.99. The number of nitrogens with zero attached hydrogens (tertiary/aromatic N) is 2. The molecule has 0 saturated heterocycles. The Hall–Kier alpha value is -2.93. The summed E-state index contributed by atoms with van der Waals surface area (Å²) in [6, 6.07) is 9.22. The maximum absolute atomic E-state index is 13.5. The van der Waals surface area contributed by atoms with Gasteiger partial charge in [-0.25, -0.2) is 9.82 Å². The van der Waals surface area contributed by atoms with Crippen LogP contribution in [0.4, 0.5) is 4.39 Å². The number of halogens is 2. The molecule has 8 heteroatoms. The molecule has 0 spiro atoms. The third-order valence-corrected chi connectivity index (χ3v) is 3.29. The van der Waals surface area contributed by atoms with Gasteiger partial charge in [0.15, 0.2) is 11.5 Å². The number of H-pyrrole nitrogens is 1. The molecule has 1 amide bonds. The van der Waals surface area contributed by atoms with Crippen LogP contribution in [0.15, 0.2) is 52.2 Å². The summed E-state index contributed by atoms with van der Waals surface area (Å²) in [7, 11) is 0. The van der Waals surface area contributed by atoms with Crippen molar-refractivity contribution in [2.75, 3.05) is 0 Å². The van der Waals surface area contributed by atoms with Gasteiger partial charge in [0.2, 0.25) is 0 Å². The normalized spacial score (nSPS) is 11.0. The molecule has 0 aliphatic rings. The maximum Gasteiger partial charge on any atom is 0.291 e. The number of carbonyl (C=O) groups is 1. The molecule has 3 aromatic rings. The smallest absolute Gasteiger partial charge is 0.291 e. The molecule has 23 heavy (non-hydrogen) atoms. The summed E-state index contributed by atoms with van der Waals surface area (Å²) in [6.45, 7) is 0. The number of benzene rings is 1. The van der Waals surface area contributed by atoms with Crippen LogP contribution in [-0.4, -0.2) is 22.3 Å². The fourth-order valence-electron chi connectivity index (χ4n) is 1.84. The summed E-state index contributed by atoms with van der Waals surface area (Å²) < 4.78 is 18.7. The molecule has 0 aliphatic heterocycles. The van der Waals surface area contributed by atoms with E-state index in [0.717, 1.165) is 6.21 Å². The summed E-state index contributed by atoms with van der Waals surface area (Å²) in [5.41, 5.74) is 3.02. The zero-order valence-corrected chi connectivity index (χ0v) is 12.3. The van der Waals surface area contributed by atoms with Gasteiger partial charge >= 0.3 is 0 Å². The predicted molar refractivity (Wildman–Crippen MR) is 82.8 cm³/mol. The minimum Gasteiger partial charge on any atom is -0.463 e. The third-order valence-electron chi connectivity index (χ3n) is 2.96. The number of hydrogen-bond acceptors (Lipinski definition) is 4. The second kappa shape index (κ2) is 6.45. The summed E-state index contributed by atoms with van der Waals surface area (Å²) >= 11 is 5.85. The van der Waals surface area contributed by atoms with E-state index in [4.69, 9.17) is 16.0 Å². The van der Waals surface area contributed by atoms with Crippen molar-refractivity contribution in [3.63, 3.8) is 0 Å². The molecular formula is C15H10ClFN4O2. The van der Waals surface area contributed by atoms with Crippen LogP contribution >= 0.6 is 11.6 Å². The molecular weight excluding hydrogens is 323 g/mol. The Morgan fingerprint density at radius 3 is 3.00 bits per heavy atom. The van der Waals surface area contributed by atoms with Gasteiger partial charge in [0, 0.05) is 11.6 Å².